The average Bonchev–Trinajstić information content (AvgIpc) is 2.40. The van der Waals surface area contributed by atoms with Gasteiger partial charge in [-0.15, -0.1) is 0 Å². The molecule has 100 valence electrons. The van der Waals surface area contributed by atoms with Crippen LogP contribution in [0.15, 0.2) is 40.9 Å². The van der Waals surface area contributed by atoms with Gasteiger partial charge in [-0.25, -0.2) is 4.39 Å². The minimum atomic E-state index is -0.407. The molecule has 0 amide bonds. The highest BCUT2D eigenvalue weighted by Gasteiger charge is 2.06. The Morgan fingerprint density at radius 2 is 2.00 bits per heavy atom. The summed E-state index contributed by atoms with van der Waals surface area (Å²) >= 11 is 3.35. The molecule has 3 nitrogen and oxygen atoms in total. The van der Waals surface area contributed by atoms with E-state index in [-0.39, 0.29) is 12.4 Å². The van der Waals surface area contributed by atoms with Crippen molar-refractivity contribution in [3.8, 4) is 11.5 Å². The van der Waals surface area contributed by atoms with Crippen molar-refractivity contribution in [2.45, 2.75) is 6.61 Å². The molecule has 2 aromatic carbocycles. The summed E-state index contributed by atoms with van der Waals surface area (Å²) in [5, 5.41) is 0. The van der Waals surface area contributed by atoms with Gasteiger partial charge in [-0.2, -0.15) is 0 Å². The van der Waals surface area contributed by atoms with Gasteiger partial charge in [-0.3, -0.25) is 0 Å². The van der Waals surface area contributed by atoms with Crippen LogP contribution in [-0.4, -0.2) is 7.11 Å². The van der Waals surface area contributed by atoms with E-state index in [1.54, 1.807) is 30.3 Å². The van der Waals surface area contributed by atoms with Crippen LogP contribution in [0.5, 0.6) is 11.5 Å². The van der Waals surface area contributed by atoms with E-state index in [2.05, 4.69) is 15.9 Å². The zero-order chi connectivity index (χ0) is 13.8. The van der Waals surface area contributed by atoms with Gasteiger partial charge in [0, 0.05) is 5.69 Å². The van der Waals surface area contributed by atoms with Crippen LogP contribution in [0.25, 0.3) is 0 Å². The van der Waals surface area contributed by atoms with E-state index in [1.807, 2.05) is 0 Å². The summed E-state index contributed by atoms with van der Waals surface area (Å²) in [6.07, 6.45) is 0. The summed E-state index contributed by atoms with van der Waals surface area (Å²) in [5.41, 5.74) is 7.06. The van der Waals surface area contributed by atoms with Crippen molar-refractivity contribution < 1.29 is 13.9 Å². The highest BCUT2D eigenvalue weighted by atomic mass is 79.9. The van der Waals surface area contributed by atoms with Crippen LogP contribution in [0, 0.1) is 5.82 Å². The first-order valence-electron chi connectivity index (χ1n) is 5.61. The molecule has 19 heavy (non-hydrogen) atoms. The van der Waals surface area contributed by atoms with E-state index < -0.39 is 5.82 Å². The Morgan fingerprint density at radius 1 is 1.21 bits per heavy atom. The second-order valence-corrected chi connectivity index (χ2v) is 4.71. The zero-order valence-electron chi connectivity index (χ0n) is 10.3. The molecule has 2 aromatic rings. The molecule has 0 atom stereocenters. The first-order valence-corrected chi connectivity index (χ1v) is 6.40. The largest absolute Gasteiger partial charge is 0.494 e. The molecule has 0 bridgehead atoms. The molecule has 0 aliphatic heterocycles. The van der Waals surface area contributed by atoms with Gasteiger partial charge in [0.25, 0.3) is 0 Å². The smallest absolute Gasteiger partial charge is 0.165 e. The lowest BCUT2D eigenvalue weighted by Gasteiger charge is -2.10. The first-order chi connectivity index (χ1) is 9.11. The van der Waals surface area contributed by atoms with Crippen molar-refractivity contribution in [3.63, 3.8) is 0 Å². The van der Waals surface area contributed by atoms with Gasteiger partial charge in [0.05, 0.1) is 11.6 Å². The van der Waals surface area contributed by atoms with Gasteiger partial charge < -0.3 is 15.2 Å². The summed E-state index contributed by atoms with van der Waals surface area (Å²) in [6.45, 7) is 0.253. The maximum atomic E-state index is 13.5. The standard InChI is InChI=1S/C14H13BrFNO2/c1-18-12-6-5-9(7-10(12)16)8-19-13-4-2-3-11(17)14(13)15/h2-7H,8,17H2,1H3. The van der Waals surface area contributed by atoms with Crippen molar-refractivity contribution in [2.75, 3.05) is 12.8 Å². The number of halogens is 2. The molecule has 0 saturated carbocycles. The minimum absolute atomic E-state index is 0.217. The van der Waals surface area contributed by atoms with Crippen LogP contribution in [0.4, 0.5) is 10.1 Å². The number of hydrogen-bond donors (Lipinski definition) is 1. The highest BCUT2D eigenvalue weighted by molar-refractivity contribution is 9.10. The van der Waals surface area contributed by atoms with Gasteiger partial charge in [0.1, 0.15) is 12.4 Å². The SMILES string of the molecule is COc1ccc(COc2cccc(N)c2Br)cc1F. The summed E-state index contributed by atoms with van der Waals surface area (Å²) < 4.78 is 24.7. The van der Waals surface area contributed by atoms with E-state index in [9.17, 15) is 4.39 Å². The van der Waals surface area contributed by atoms with Crippen LogP contribution in [0.3, 0.4) is 0 Å². The van der Waals surface area contributed by atoms with Crippen molar-refractivity contribution in [3.05, 3.63) is 52.3 Å². The number of benzene rings is 2. The van der Waals surface area contributed by atoms with Gasteiger partial charge >= 0.3 is 0 Å². The topological polar surface area (TPSA) is 44.5 Å². The Bertz CT molecular complexity index is 590. The third kappa shape index (κ3) is 3.17. The molecule has 2 N–H and O–H groups in total. The van der Waals surface area contributed by atoms with E-state index in [1.165, 1.54) is 13.2 Å². The maximum absolute atomic E-state index is 13.5. The van der Waals surface area contributed by atoms with E-state index >= 15 is 0 Å². The van der Waals surface area contributed by atoms with Crippen LogP contribution in [0.2, 0.25) is 0 Å². The summed E-state index contributed by atoms with van der Waals surface area (Å²) in [6, 6.07) is 10.1. The van der Waals surface area contributed by atoms with Gasteiger partial charge in [0.15, 0.2) is 11.6 Å². The van der Waals surface area contributed by atoms with Crippen LogP contribution in [0.1, 0.15) is 5.56 Å². The van der Waals surface area contributed by atoms with Crippen molar-refractivity contribution in [2.24, 2.45) is 0 Å². The van der Waals surface area contributed by atoms with E-state index in [0.717, 1.165) is 0 Å². The number of rotatable bonds is 4. The number of hydrogen-bond acceptors (Lipinski definition) is 3. The van der Waals surface area contributed by atoms with Crippen LogP contribution < -0.4 is 15.2 Å². The van der Waals surface area contributed by atoms with Crippen LogP contribution in [-0.2, 0) is 6.61 Å². The normalized spacial score (nSPS) is 10.3. The van der Waals surface area contributed by atoms with Gasteiger partial charge in [-0.05, 0) is 45.8 Å². The second kappa shape index (κ2) is 5.93. The Labute approximate surface area is 119 Å². The molecule has 0 radical (unpaired) electrons. The third-order valence-corrected chi connectivity index (χ3v) is 3.45. The Morgan fingerprint density at radius 3 is 2.68 bits per heavy atom. The fourth-order valence-corrected chi connectivity index (χ4v) is 1.98. The van der Waals surface area contributed by atoms with E-state index in [4.69, 9.17) is 15.2 Å². The van der Waals surface area contributed by atoms with Crippen molar-refractivity contribution in [1.29, 1.82) is 0 Å². The number of anilines is 1. The van der Waals surface area contributed by atoms with Crippen molar-refractivity contribution >= 4 is 21.6 Å². The second-order valence-electron chi connectivity index (χ2n) is 3.92. The summed E-state index contributed by atoms with van der Waals surface area (Å²) in [5.74, 6) is 0.431. The predicted molar refractivity (Wildman–Crippen MR) is 75.8 cm³/mol. The molecule has 0 heterocycles. The Kier molecular flexibility index (Phi) is 4.27. The molecular formula is C14H13BrFNO2. The summed E-state index contributed by atoms with van der Waals surface area (Å²) in [4.78, 5) is 0. The molecule has 0 fully saturated rings. The lowest BCUT2D eigenvalue weighted by atomic mass is 10.2. The number of ether oxygens (including phenoxy) is 2. The molecule has 0 aromatic heterocycles. The summed E-state index contributed by atoms with van der Waals surface area (Å²) in [7, 11) is 1.43. The number of nitrogen functional groups attached to an aromatic ring is 1. The third-order valence-electron chi connectivity index (χ3n) is 2.60. The Hall–Kier alpha value is -1.75. The lowest BCUT2D eigenvalue weighted by molar-refractivity contribution is 0.303. The molecule has 0 unspecified atom stereocenters. The fourth-order valence-electron chi connectivity index (χ4n) is 1.60. The van der Waals surface area contributed by atoms with Crippen molar-refractivity contribution in [1.82, 2.24) is 0 Å². The number of methoxy groups -OCH3 is 1. The average molecular weight is 326 g/mol. The molecule has 0 spiro atoms. The maximum Gasteiger partial charge on any atom is 0.165 e. The van der Waals surface area contributed by atoms with Crippen LogP contribution >= 0.6 is 15.9 Å². The molecule has 0 aliphatic rings. The van der Waals surface area contributed by atoms with Gasteiger partial charge in [0.2, 0.25) is 0 Å². The first kappa shape index (κ1) is 13.7. The highest BCUT2D eigenvalue weighted by Crippen LogP contribution is 2.31. The molecule has 2 rings (SSSR count). The molecule has 0 saturated heterocycles. The quantitative estimate of drug-likeness (QED) is 0.870. The monoisotopic (exact) mass is 325 g/mol. The Balaban J connectivity index is 2.10. The lowest BCUT2D eigenvalue weighted by Crippen LogP contribution is -1.99. The van der Waals surface area contributed by atoms with Gasteiger partial charge in [-0.1, -0.05) is 12.1 Å². The molecule has 0 aliphatic carbocycles. The molecule has 5 heteroatoms. The molecular weight excluding hydrogens is 313 g/mol. The van der Waals surface area contributed by atoms with E-state index in [0.29, 0.717) is 21.5 Å². The fraction of sp³-hybridized carbons (Fsp3) is 0.143. The zero-order valence-corrected chi connectivity index (χ0v) is 11.9. The number of nitrogens with two attached hydrogens (primary N) is 1. The predicted octanol–water partition coefficient (Wildman–Crippen LogP) is 3.76. The minimum Gasteiger partial charge on any atom is -0.494 e.